The molecule has 0 fully saturated rings. The van der Waals surface area contributed by atoms with Crippen LogP contribution in [0, 0.1) is 6.92 Å². The van der Waals surface area contributed by atoms with Gasteiger partial charge < -0.3 is 9.53 Å². The molecule has 1 rings (SSSR count). The van der Waals surface area contributed by atoms with E-state index in [2.05, 4.69) is 39.0 Å². The molecule has 20 heavy (non-hydrogen) atoms. The number of carboxylic acid groups (broad SMARTS) is 1. The van der Waals surface area contributed by atoms with Gasteiger partial charge in [-0.2, -0.15) is 5.10 Å². The topological polar surface area (TPSA) is 64.3 Å². The Kier molecular flexibility index (Phi) is 5.15. The predicted molar refractivity (Wildman–Crippen MR) is 81.7 cm³/mol. The molecule has 0 aliphatic heterocycles. The molecule has 0 atom stereocenters. The standard InChI is InChI=1S/C14H26N2O3Si/c1-11-10-12(13(17)18)15-16(11)8-7-9-19-20(5,6)14(2,3)4/h10H,7-9H2,1-6H3,(H,17,18). The second kappa shape index (κ2) is 6.09. The van der Waals surface area contributed by atoms with Gasteiger partial charge in [0.05, 0.1) is 0 Å². The summed E-state index contributed by atoms with van der Waals surface area (Å²) < 4.78 is 7.83. The van der Waals surface area contributed by atoms with Gasteiger partial charge in [-0.1, -0.05) is 20.8 Å². The van der Waals surface area contributed by atoms with Crippen molar-refractivity contribution in [3.05, 3.63) is 17.5 Å². The molecule has 0 saturated carbocycles. The molecule has 1 aromatic heterocycles. The monoisotopic (exact) mass is 298 g/mol. The van der Waals surface area contributed by atoms with Gasteiger partial charge in [0.1, 0.15) is 0 Å². The van der Waals surface area contributed by atoms with Crippen molar-refractivity contribution in [2.75, 3.05) is 6.61 Å². The fourth-order valence-corrected chi connectivity index (χ4v) is 2.69. The molecule has 1 N–H and O–H groups in total. The Labute approximate surface area is 122 Å². The van der Waals surface area contributed by atoms with Crippen molar-refractivity contribution in [3.8, 4) is 0 Å². The summed E-state index contributed by atoms with van der Waals surface area (Å²) in [6, 6.07) is 1.59. The van der Waals surface area contributed by atoms with Crippen LogP contribution in [0.15, 0.2) is 6.07 Å². The lowest BCUT2D eigenvalue weighted by Gasteiger charge is -2.36. The lowest BCUT2D eigenvalue weighted by molar-refractivity contribution is 0.0689. The van der Waals surface area contributed by atoms with Crippen molar-refractivity contribution in [3.63, 3.8) is 0 Å². The molecule has 0 unspecified atom stereocenters. The molecule has 0 bridgehead atoms. The highest BCUT2D eigenvalue weighted by molar-refractivity contribution is 6.74. The summed E-state index contributed by atoms with van der Waals surface area (Å²) >= 11 is 0. The van der Waals surface area contributed by atoms with Gasteiger partial charge in [0.15, 0.2) is 14.0 Å². The average Bonchev–Trinajstić information content (AvgIpc) is 2.65. The highest BCUT2D eigenvalue weighted by Crippen LogP contribution is 2.36. The van der Waals surface area contributed by atoms with E-state index in [0.29, 0.717) is 13.2 Å². The zero-order valence-electron chi connectivity index (χ0n) is 13.4. The van der Waals surface area contributed by atoms with Gasteiger partial charge in [-0.25, -0.2) is 4.79 Å². The number of aromatic carboxylic acids is 1. The van der Waals surface area contributed by atoms with Crippen LogP contribution < -0.4 is 0 Å². The third-order valence-corrected chi connectivity index (χ3v) is 8.52. The van der Waals surface area contributed by atoms with E-state index in [0.717, 1.165) is 12.1 Å². The summed E-state index contributed by atoms with van der Waals surface area (Å²) in [5.41, 5.74) is 0.975. The van der Waals surface area contributed by atoms with E-state index in [4.69, 9.17) is 9.53 Å². The Hall–Kier alpha value is -1.14. The normalized spacial score (nSPS) is 12.7. The van der Waals surface area contributed by atoms with Gasteiger partial charge in [0.2, 0.25) is 0 Å². The molecule has 0 aromatic carbocycles. The molecule has 6 heteroatoms. The van der Waals surface area contributed by atoms with Crippen LogP contribution in [-0.4, -0.2) is 35.8 Å². The van der Waals surface area contributed by atoms with Crippen LogP contribution in [0.5, 0.6) is 0 Å². The molecule has 0 aliphatic rings. The largest absolute Gasteiger partial charge is 0.476 e. The summed E-state index contributed by atoms with van der Waals surface area (Å²) in [6.45, 7) is 14.4. The number of aryl methyl sites for hydroxylation is 2. The Bertz CT molecular complexity index is 475. The quantitative estimate of drug-likeness (QED) is 0.646. The van der Waals surface area contributed by atoms with Gasteiger partial charge in [-0.3, -0.25) is 4.68 Å². The van der Waals surface area contributed by atoms with E-state index >= 15 is 0 Å². The summed E-state index contributed by atoms with van der Waals surface area (Å²) in [4.78, 5) is 10.8. The first-order valence-corrected chi connectivity index (χ1v) is 9.87. The van der Waals surface area contributed by atoms with E-state index in [1.165, 1.54) is 0 Å². The van der Waals surface area contributed by atoms with Gasteiger partial charge >= 0.3 is 5.97 Å². The molecule has 0 radical (unpaired) electrons. The molecule has 1 heterocycles. The number of carbonyl (C=O) groups is 1. The molecule has 0 aliphatic carbocycles. The van der Waals surface area contributed by atoms with Crippen LogP contribution in [0.3, 0.4) is 0 Å². The highest BCUT2D eigenvalue weighted by atomic mass is 28.4. The van der Waals surface area contributed by atoms with Crippen LogP contribution in [0.25, 0.3) is 0 Å². The summed E-state index contributed by atoms with van der Waals surface area (Å²) in [5.74, 6) is -0.982. The maximum absolute atomic E-state index is 10.8. The first-order chi connectivity index (χ1) is 9.04. The van der Waals surface area contributed by atoms with Crippen molar-refractivity contribution in [2.45, 2.75) is 58.8 Å². The second-order valence-electron chi connectivity index (χ2n) is 6.66. The van der Waals surface area contributed by atoms with Crippen LogP contribution >= 0.6 is 0 Å². The molecule has 1 aromatic rings. The Morgan fingerprint density at radius 1 is 1.45 bits per heavy atom. The number of nitrogens with zero attached hydrogens (tertiary/aromatic N) is 2. The van der Waals surface area contributed by atoms with Gasteiger partial charge in [0, 0.05) is 18.8 Å². The average molecular weight is 298 g/mol. The van der Waals surface area contributed by atoms with E-state index in [-0.39, 0.29) is 10.7 Å². The zero-order chi connectivity index (χ0) is 15.6. The number of aromatic nitrogens is 2. The van der Waals surface area contributed by atoms with Crippen LogP contribution in [0.1, 0.15) is 43.4 Å². The Morgan fingerprint density at radius 3 is 2.50 bits per heavy atom. The fourth-order valence-electron chi connectivity index (χ4n) is 1.60. The van der Waals surface area contributed by atoms with Crippen LogP contribution in [0.4, 0.5) is 0 Å². The zero-order valence-corrected chi connectivity index (χ0v) is 14.4. The summed E-state index contributed by atoms with van der Waals surface area (Å²) in [5, 5.41) is 13.2. The molecular formula is C14H26N2O3Si. The van der Waals surface area contributed by atoms with Crippen molar-refractivity contribution in [2.24, 2.45) is 0 Å². The van der Waals surface area contributed by atoms with Crippen LogP contribution in [0.2, 0.25) is 18.1 Å². The minimum atomic E-state index is -1.69. The van der Waals surface area contributed by atoms with Gasteiger partial charge in [-0.15, -0.1) is 0 Å². The van der Waals surface area contributed by atoms with E-state index in [1.807, 2.05) is 6.92 Å². The number of carboxylic acids is 1. The second-order valence-corrected chi connectivity index (χ2v) is 11.5. The van der Waals surface area contributed by atoms with Crippen molar-refractivity contribution in [1.82, 2.24) is 9.78 Å². The molecular weight excluding hydrogens is 272 g/mol. The fraction of sp³-hybridized carbons (Fsp3) is 0.714. The van der Waals surface area contributed by atoms with Crippen molar-refractivity contribution < 1.29 is 14.3 Å². The molecule has 5 nitrogen and oxygen atoms in total. The minimum absolute atomic E-state index is 0.104. The number of hydrogen-bond donors (Lipinski definition) is 1. The molecule has 114 valence electrons. The SMILES string of the molecule is Cc1cc(C(=O)O)nn1CCCO[Si](C)(C)C(C)(C)C. The Balaban J connectivity index is 2.48. The van der Waals surface area contributed by atoms with E-state index in [1.54, 1.807) is 10.7 Å². The van der Waals surface area contributed by atoms with Crippen molar-refractivity contribution in [1.29, 1.82) is 0 Å². The smallest absolute Gasteiger partial charge is 0.356 e. The maximum atomic E-state index is 10.8. The van der Waals surface area contributed by atoms with E-state index in [9.17, 15) is 4.79 Å². The summed E-state index contributed by atoms with van der Waals surface area (Å²) in [6.07, 6.45) is 0.841. The molecule has 0 saturated heterocycles. The molecule has 0 amide bonds. The Morgan fingerprint density at radius 2 is 2.05 bits per heavy atom. The van der Waals surface area contributed by atoms with Crippen molar-refractivity contribution >= 4 is 14.3 Å². The molecule has 0 spiro atoms. The number of rotatable bonds is 6. The predicted octanol–water partition coefficient (Wildman–Crippen LogP) is 3.30. The van der Waals surface area contributed by atoms with E-state index < -0.39 is 14.3 Å². The maximum Gasteiger partial charge on any atom is 0.356 e. The van der Waals surface area contributed by atoms with Gasteiger partial charge in [-0.05, 0) is 37.5 Å². The lowest BCUT2D eigenvalue weighted by Crippen LogP contribution is -2.41. The van der Waals surface area contributed by atoms with Gasteiger partial charge in [0.25, 0.3) is 0 Å². The highest BCUT2D eigenvalue weighted by Gasteiger charge is 2.36. The first kappa shape index (κ1) is 16.9. The van der Waals surface area contributed by atoms with Crippen LogP contribution in [-0.2, 0) is 11.0 Å². The lowest BCUT2D eigenvalue weighted by atomic mass is 10.2. The first-order valence-electron chi connectivity index (χ1n) is 6.96. The third-order valence-electron chi connectivity index (χ3n) is 3.98. The third kappa shape index (κ3) is 4.18. The summed E-state index contributed by atoms with van der Waals surface area (Å²) in [7, 11) is -1.69. The minimum Gasteiger partial charge on any atom is -0.476 e. The number of hydrogen-bond acceptors (Lipinski definition) is 3.